The Morgan fingerprint density at radius 3 is 2.52 bits per heavy atom. The number of rotatable bonds is 3. The maximum Gasteiger partial charge on any atom is 0.258 e. The van der Waals surface area contributed by atoms with Crippen LogP contribution in [-0.2, 0) is 6.54 Å². The summed E-state index contributed by atoms with van der Waals surface area (Å²) in [7, 11) is 0. The normalized spacial score (nSPS) is 18.9. The fourth-order valence-electron chi connectivity index (χ4n) is 5.31. The van der Waals surface area contributed by atoms with Gasteiger partial charge in [0, 0.05) is 30.0 Å². The Bertz CT molecular complexity index is 1340. The third kappa shape index (κ3) is 2.71. The lowest BCUT2D eigenvalue weighted by molar-refractivity contribution is 0.154. The zero-order chi connectivity index (χ0) is 20.9. The summed E-state index contributed by atoms with van der Waals surface area (Å²) in [6, 6.07) is 26.8. The van der Waals surface area contributed by atoms with Crippen molar-refractivity contribution in [1.82, 2.24) is 4.57 Å². The topological polar surface area (TPSA) is 34.5 Å². The van der Waals surface area contributed by atoms with Crippen molar-refractivity contribution in [3.63, 3.8) is 0 Å². The summed E-state index contributed by atoms with van der Waals surface area (Å²) < 4.78 is 8.49. The minimum absolute atomic E-state index is 0.0480. The molecule has 4 nitrogen and oxygen atoms in total. The molecule has 2 atom stereocenters. The van der Waals surface area contributed by atoms with Gasteiger partial charge in [0.2, 0.25) is 0 Å². The number of benzene rings is 3. The molecule has 0 unspecified atom stereocenters. The summed E-state index contributed by atoms with van der Waals surface area (Å²) in [5.41, 5.74) is 5.30. The second-order valence-corrected chi connectivity index (χ2v) is 8.34. The molecule has 4 heteroatoms. The predicted molar refractivity (Wildman–Crippen MR) is 124 cm³/mol. The summed E-state index contributed by atoms with van der Waals surface area (Å²) in [5.74, 6) is 0.811. The average molecular weight is 409 g/mol. The number of para-hydroxylation sites is 2. The molecule has 154 valence electrons. The first-order chi connectivity index (χ1) is 15.3. The third-order valence-corrected chi connectivity index (χ3v) is 6.69. The van der Waals surface area contributed by atoms with Gasteiger partial charge in [-0.3, -0.25) is 4.79 Å². The SMILES string of the molecule is CCN1c2ccccc2[C@@H]2C[C@H]1Oc1c2c(=O)n(Cc2ccccc2)c2ccccc12. The second kappa shape index (κ2) is 7.02. The van der Waals surface area contributed by atoms with Crippen molar-refractivity contribution in [2.24, 2.45) is 0 Å². The number of anilines is 1. The third-order valence-electron chi connectivity index (χ3n) is 6.69. The zero-order valence-corrected chi connectivity index (χ0v) is 17.5. The molecule has 0 amide bonds. The van der Waals surface area contributed by atoms with E-state index in [4.69, 9.17) is 4.74 Å². The van der Waals surface area contributed by atoms with Gasteiger partial charge in [-0.1, -0.05) is 60.7 Å². The molecule has 4 aromatic rings. The molecular weight excluding hydrogens is 384 g/mol. The lowest BCUT2D eigenvalue weighted by Crippen LogP contribution is -2.48. The summed E-state index contributed by atoms with van der Waals surface area (Å²) in [6.07, 6.45) is 0.752. The summed E-state index contributed by atoms with van der Waals surface area (Å²) in [4.78, 5) is 16.3. The van der Waals surface area contributed by atoms with Crippen LogP contribution in [0.4, 0.5) is 5.69 Å². The van der Waals surface area contributed by atoms with Crippen LogP contribution >= 0.6 is 0 Å². The van der Waals surface area contributed by atoms with Crippen molar-refractivity contribution in [2.75, 3.05) is 11.4 Å². The molecule has 2 aliphatic heterocycles. The molecule has 3 aromatic carbocycles. The Balaban J connectivity index is 1.63. The van der Waals surface area contributed by atoms with Gasteiger partial charge >= 0.3 is 0 Å². The van der Waals surface area contributed by atoms with E-state index in [1.54, 1.807) is 0 Å². The Hall–Kier alpha value is -3.53. The van der Waals surface area contributed by atoms with Crippen molar-refractivity contribution in [1.29, 1.82) is 0 Å². The monoisotopic (exact) mass is 408 g/mol. The molecular formula is C27H24N2O2. The van der Waals surface area contributed by atoms with Crippen LogP contribution in [0.3, 0.4) is 0 Å². The predicted octanol–water partition coefficient (Wildman–Crippen LogP) is 5.13. The summed E-state index contributed by atoms with van der Waals surface area (Å²) in [5, 5.41) is 1.01. The summed E-state index contributed by atoms with van der Waals surface area (Å²) in [6.45, 7) is 3.57. The van der Waals surface area contributed by atoms with Crippen LogP contribution in [-0.4, -0.2) is 17.3 Å². The number of aromatic nitrogens is 1. The smallest absolute Gasteiger partial charge is 0.258 e. The van der Waals surface area contributed by atoms with Crippen LogP contribution in [0.1, 0.15) is 36.0 Å². The average Bonchev–Trinajstić information content (AvgIpc) is 2.82. The molecule has 1 aromatic heterocycles. The van der Waals surface area contributed by atoms with E-state index in [-0.39, 0.29) is 17.7 Å². The quantitative estimate of drug-likeness (QED) is 0.471. The van der Waals surface area contributed by atoms with Gasteiger partial charge in [0.05, 0.1) is 17.6 Å². The van der Waals surface area contributed by atoms with E-state index < -0.39 is 0 Å². The first-order valence-electron chi connectivity index (χ1n) is 11.0. The van der Waals surface area contributed by atoms with Gasteiger partial charge in [-0.2, -0.15) is 0 Å². The van der Waals surface area contributed by atoms with Gasteiger partial charge in [0.1, 0.15) is 5.75 Å². The van der Waals surface area contributed by atoms with Gasteiger partial charge < -0.3 is 14.2 Å². The molecule has 0 fully saturated rings. The van der Waals surface area contributed by atoms with Gasteiger partial charge in [-0.15, -0.1) is 0 Å². The van der Waals surface area contributed by atoms with Gasteiger partial charge in [-0.05, 0) is 36.2 Å². The minimum atomic E-state index is -0.0508. The molecule has 2 bridgehead atoms. The number of hydrogen-bond donors (Lipinski definition) is 0. The van der Waals surface area contributed by atoms with Gasteiger partial charge in [-0.25, -0.2) is 0 Å². The Labute approximate surface area is 181 Å². The molecule has 0 aliphatic carbocycles. The Morgan fingerprint density at radius 2 is 1.68 bits per heavy atom. The van der Waals surface area contributed by atoms with E-state index in [9.17, 15) is 4.79 Å². The molecule has 2 aliphatic rings. The number of nitrogens with zero attached hydrogens (tertiary/aromatic N) is 2. The lowest BCUT2D eigenvalue weighted by atomic mass is 9.81. The van der Waals surface area contributed by atoms with Crippen molar-refractivity contribution >= 4 is 16.6 Å². The fourth-order valence-corrected chi connectivity index (χ4v) is 5.31. The maximum atomic E-state index is 14.0. The van der Waals surface area contributed by atoms with Gasteiger partial charge in [0.15, 0.2) is 6.23 Å². The van der Waals surface area contributed by atoms with Crippen LogP contribution < -0.4 is 15.2 Å². The number of hydrogen-bond acceptors (Lipinski definition) is 3. The van der Waals surface area contributed by atoms with Crippen molar-refractivity contribution in [2.45, 2.75) is 32.0 Å². The first kappa shape index (κ1) is 18.3. The van der Waals surface area contributed by atoms with Crippen LogP contribution in [0.15, 0.2) is 83.7 Å². The highest BCUT2D eigenvalue weighted by atomic mass is 16.5. The highest BCUT2D eigenvalue weighted by molar-refractivity contribution is 5.88. The van der Waals surface area contributed by atoms with E-state index in [0.29, 0.717) is 6.54 Å². The van der Waals surface area contributed by atoms with E-state index in [2.05, 4.69) is 54.3 Å². The molecule has 0 saturated carbocycles. The maximum absolute atomic E-state index is 14.0. The number of ether oxygens (including phenoxy) is 1. The number of pyridine rings is 1. The van der Waals surface area contributed by atoms with Crippen molar-refractivity contribution < 1.29 is 4.74 Å². The van der Waals surface area contributed by atoms with E-state index in [0.717, 1.165) is 40.7 Å². The van der Waals surface area contributed by atoms with Crippen LogP contribution in [0.2, 0.25) is 0 Å². The van der Waals surface area contributed by atoms with E-state index in [1.807, 2.05) is 41.0 Å². The Kier molecular flexibility index (Phi) is 4.13. The second-order valence-electron chi connectivity index (χ2n) is 8.34. The summed E-state index contributed by atoms with van der Waals surface area (Å²) >= 11 is 0. The van der Waals surface area contributed by atoms with Crippen molar-refractivity contribution in [3.05, 3.63) is 106 Å². The molecule has 0 radical (unpaired) electrons. The molecule has 31 heavy (non-hydrogen) atoms. The molecule has 3 heterocycles. The first-order valence-corrected chi connectivity index (χ1v) is 11.0. The molecule has 0 spiro atoms. The lowest BCUT2D eigenvalue weighted by Gasteiger charge is -2.45. The van der Waals surface area contributed by atoms with Gasteiger partial charge in [0.25, 0.3) is 5.56 Å². The fraction of sp³-hybridized carbons (Fsp3) is 0.222. The van der Waals surface area contributed by atoms with Crippen molar-refractivity contribution in [3.8, 4) is 5.75 Å². The molecule has 0 saturated heterocycles. The van der Waals surface area contributed by atoms with E-state index in [1.165, 1.54) is 11.3 Å². The minimum Gasteiger partial charge on any atom is -0.469 e. The van der Waals surface area contributed by atoms with Crippen LogP contribution in [0, 0.1) is 0 Å². The highest BCUT2D eigenvalue weighted by Crippen LogP contribution is 2.49. The van der Waals surface area contributed by atoms with E-state index >= 15 is 0 Å². The van der Waals surface area contributed by atoms with Crippen LogP contribution in [0.25, 0.3) is 10.9 Å². The Morgan fingerprint density at radius 1 is 0.935 bits per heavy atom. The highest BCUT2D eigenvalue weighted by Gasteiger charge is 2.41. The number of fused-ring (bicyclic) bond motifs is 8. The zero-order valence-electron chi connectivity index (χ0n) is 17.5. The van der Waals surface area contributed by atoms with Crippen LogP contribution in [0.5, 0.6) is 5.75 Å². The largest absolute Gasteiger partial charge is 0.469 e. The standard InChI is InChI=1S/C27H24N2O2/c1-2-28-22-14-8-6-12-19(22)21-16-24(28)31-26-20-13-7-9-15-23(20)29(27(30)25(21)26)17-18-10-4-3-5-11-18/h3-15,21,24H,2,16-17H2,1H3/t21-,24+/m0/s1. The molecule has 6 rings (SSSR count). The molecule has 0 N–H and O–H groups in total.